The van der Waals surface area contributed by atoms with Gasteiger partial charge in [-0.15, -0.1) is 0 Å². The van der Waals surface area contributed by atoms with Crippen molar-refractivity contribution in [1.29, 1.82) is 0 Å². The molecule has 0 radical (unpaired) electrons. The van der Waals surface area contributed by atoms with Crippen molar-refractivity contribution >= 4 is 5.82 Å². The molecular weight excluding hydrogens is 242 g/mol. The first-order valence-corrected chi connectivity index (χ1v) is 6.91. The highest BCUT2D eigenvalue weighted by Crippen LogP contribution is 2.22. The van der Waals surface area contributed by atoms with Crippen molar-refractivity contribution < 1.29 is 9.47 Å². The van der Waals surface area contributed by atoms with Crippen LogP contribution in [0, 0.1) is 5.92 Å². The molecule has 0 aliphatic carbocycles. The van der Waals surface area contributed by atoms with E-state index in [9.17, 15) is 0 Å². The van der Waals surface area contributed by atoms with E-state index in [0.29, 0.717) is 11.8 Å². The number of piperidine rings is 1. The zero-order chi connectivity index (χ0) is 13.7. The summed E-state index contributed by atoms with van der Waals surface area (Å²) in [6, 6.07) is 0. The van der Waals surface area contributed by atoms with Crippen molar-refractivity contribution in [1.82, 2.24) is 9.97 Å². The lowest BCUT2D eigenvalue weighted by Gasteiger charge is -2.33. The minimum atomic E-state index is 0.118. The average Bonchev–Trinajstić information content (AvgIpc) is 2.39. The van der Waals surface area contributed by atoms with Crippen molar-refractivity contribution in [3.8, 4) is 5.88 Å². The summed E-state index contributed by atoms with van der Waals surface area (Å²) in [5, 5.41) is 0. The number of nitrogens with zero attached hydrogens (tertiary/aromatic N) is 3. The number of methoxy groups -OCH3 is 1. The van der Waals surface area contributed by atoms with Gasteiger partial charge in [0.15, 0.2) is 5.82 Å². The van der Waals surface area contributed by atoms with E-state index in [4.69, 9.17) is 9.47 Å². The van der Waals surface area contributed by atoms with Crippen LogP contribution in [0.3, 0.4) is 0 Å². The minimum absolute atomic E-state index is 0.118. The fourth-order valence-corrected chi connectivity index (χ4v) is 2.43. The Bertz CT molecular complexity index is 396. The Labute approximate surface area is 115 Å². The van der Waals surface area contributed by atoms with Gasteiger partial charge in [0.05, 0.1) is 25.1 Å². The minimum Gasteiger partial charge on any atom is -0.474 e. The molecule has 1 aliphatic heterocycles. The molecule has 0 amide bonds. The first kappa shape index (κ1) is 14.1. The number of rotatable bonds is 5. The molecule has 0 bridgehead atoms. The maximum absolute atomic E-state index is 5.60. The van der Waals surface area contributed by atoms with E-state index in [0.717, 1.165) is 25.5 Å². The summed E-state index contributed by atoms with van der Waals surface area (Å²) < 4.78 is 10.8. The van der Waals surface area contributed by atoms with Crippen LogP contribution in [0.1, 0.15) is 26.7 Å². The maximum atomic E-state index is 5.60. The second kappa shape index (κ2) is 6.70. The number of aromatic nitrogens is 2. The molecule has 0 spiro atoms. The molecule has 1 aromatic heterocycles. The summed E-state index contributed by atoms with van der Waals surface area (Å²) in [4.78, 5) is 11.0. The largest absolute Gasteiger partial charge is 0.474 e. The number of hydrogen-bond acceptors (Lipinski definition) is 5. The van der Waals surface area contributed by atoms with Crippen LogP contribution in [0.2, 0.25) is 0 Å². The van der Waals surface area contributed by atoms with Crippen molar-refractivity contribution in [2.24, 2.45) is 5.92 Å². The highest BCUT2D eigenvalue weighted by molar-refractivity contribution is 5.38. The first-order valence-electron chi connectivity index (χ1n) is 6.91. The Morgan fingerprint density at radius 1 is 1.42 bits per heavy atom. The summed E-state index contributed by atoms with van der Waals surface area (Å²) in [6.07, 6.45) is 5.99. The maximum Gasteiger partial charge on any atom is 0.234 e. The van der Waals surface area contributed by atoms with Gasteiger partial charge in [0, 0.05) is 20.2 Å². The molecule has 0 N–H and O–H groups in total. The van der Waals surface area contributed by atoms with E-state index in [1.54, 1.807) is 13.3 Å². The molecule has 0 unspecified atom stereocenters. The fraction of sp³-hybridized carbons (Fsp3) is 0.714. The molecule has 1 atom stereocenters. The summed E-state index contributed by atoms with van der Waals surface area (Å²) in [7, 11) is 1.76. The standard InChI is InChI=1S/C14H23N3O2/c1-11(2)19-14-8-15-7-13(16-14)17-6-4-5-12(9-17)10-18-3/h7-8,11-12H,4-6,9-10H2,1-3H3/t12-/m0/s1. The van der Waals surface area contributed by atoms with Crippen LogP contribution < -0.4 is 9.64 Å². The predicted octanol–water partition coefficient (Wildman–Crippen LogP) is 2.13. The van der Waals surface area contributed by atoms with Crippen molar-refractivity contribution in [2.75, 3.05) is 31.7 Å². The predicted molar refractivity (Wildman–Crippen MR) is 74.6 cm³/mol. The zero-order valence-corrected chi connectivity index (χ0v) is 12.0. The zero-order valence-electron chi connectivity index (χ0n) is 12.0. The second-order valence-electron chi connectivity index (χ2n) is 5.29. The smallest absolute Gasteiger partial charge is 0.234 e. The van der Waals surface area contributed by atoms with Crippen molar-refractivity contribution in [2.45, 2.75) is 32.8 Å². The Kier molecular flexibility index (Phi) is 4.96. The Morgan fingerprint density at radius 3 is 3.00 bits per heavy atom. The normalized spacial score (nSPS) is 19.8. The van der Waals surface area contributed by atoms with Gasteiger partial charge in [-0.25, -0.2) is 0 Å². The lowest BCUT2D eigenvalue weighted by Crippen LogP contribution is -2.37. The van der Waals surface area contributed by atoms with Gasteiger partial charge in [0.25, 0.3) is 0 Å². The number of hydrogen-bond donors (Lipinski definition) is 0. The van der Waals surface area contributed by atoms with Crippen LogP contribution in [-0.4, -0.2) is 42.9 Å². The Balaban J connectivity index is 2.04. The van der Waals surface area contributed by atoms with Crippen LogP contribution in [-0.2, 0) is 4.74 Å². The number of anilines is 1. The Morgan fingerprint density at radius 2 is 2.26 bits per heavy atom. The molecule has 0 aromatic carbocycles. The average molecular weight is 265 g/mol. The van der Waals surface area contributed by atoms with Crippen LogP contribution in [0.15, 0.2) is 12.4 Å². The molecule has 1 aromatic rings. The van der Waals surface area contributed by atoms with Gasteiger partial charge in [-0.3, -0.25) is 4.98 Å². The van der Waals surface area contributed by atoms with Crippen LogP contribution in [0.5, 0.6) is 5.88 Å². The van der Waals surface area contributed by atoms with Gasteiger partial charge in [-0.05, 0) is 32.6 Å². The molecule has 106 valence electrons. The monoisotopic (exact) mass is 265 g/mol. The third-order valence-corrected chi connectivity index (χ3v) is 3.20. The van der Waals surface area contributed by atoms with E-state index in [2.05, 4.69) is 14.9 Å². The van der Waals surface area contributed by atoms with Crippen LogP contribution in [0.4, 0.5) is 5.82 Å². The highest BCUT2D eigenvalue weighted by atomic mass is 16.5. The SMILES string of the molecule is COC[C@H]1CCCN(c2cncc(OC(C)C)n2)C1. The third kappa shape index (κ3) is 4.06. The van der Waals surface area contributed by atoms with Gasteiger partial charge in [-0.1, -0.05) is 0 Å². The van der Waals surface area contributed by atoms with Gasteiger partial charge in [0.2, 0.25) is 5.88 Å². The molecule has 1 aliphatic rings. The molecular formula is C14H23N3O2. The molecule has 1 fully saturated rings. The third-order valence-electron chi connectivity index (χ3n) is 3.20. The van der Waals surface area contributed by atoms with Crippen LogP contribution >= 0.6 is 0 Å². The molecule has 19 heavy (non-hydrogen) atoms. The van der Waals surface area contributed by atoms with Crippen molar-refractivity contribution in [3.63, 3.8) is 0 Å². The van der Waals surface area contributed by atoms with E-state index in [1.807, 2.05) is 20.0 Å². The number of ether oxygens (including phenoxy) is 2. The van der Waals surface area contributed by atoms with Crippen LogP contribution in [0.25, 0.3) is 0 Å². The van der Waals surface area contributed by atoms with Gasteiger partial charge in [0.1, 0.15) is 0 Å². The van der Waals surface area contributed by atoms with E-state index < -0.39 is 0 Å². The molecule has 2 rings (SSSR count). The quantitative estimate of drug-likeness (QED) is 0.816. The summed E-state index contributed by atoms with van der Waals surface area (Å²) in [5.41, 5.74) is 0. The molecule has 5 heteroatoms. The fourth-order valence-electron chi connectivity index (χ4n) is 2.43. The van der Waals surface area contributed by atoms with E-state index in [1.165, 1.54) is 12.8 Å². The first-order chi connectivity index (χ1) is 9.19. The lowest BCUT2D eigenvalue weighted by atomic mass is 9.99. The summed E-state index contributed by atoms with van der Waals surface area (Å²) in [6.45, 7) is 6.80. The van der Waals surface area contributed by atoms with E-state index >= 15 is 0 Å². The van der Waals surface area contributed by atoms with Gasteiger partial charge >= 0.3 is 0 Å². The Hall–Kier alpha value is -1.36. The summed E-state index contributed by atoms with van der Waals surface area (Å²) in [5.74, 6) is 2.08. The lowest BCUT2D eigenvalue weighted by molar-refractivity contribution is 0.143. The topological polar surface area (TPSA) is 47.5 Å². The molecule has 2 heterocycles. The molecule has 0 saturated carbocycles. The van der Waals surface area contributed by atoms with Gasteiger partial charge < -0.3 is 14.4 Å². The summed E-state index contributed by atoms with van der Waals surface area (Å²) >= 11 is 0. The van der Waals surface area contributed by atoms with E-state index in [-0.39, 0.29) is 6.10 Å². The molecule has 1 saturated heterocycles. The van der Waals surface area contributed by atoms with Gasteiger partial charge in [-0.2, -0.15) is 4.98 Å². The van der Waals surface area contributed by atoms with Crippen molar-refractivity contribution in [3.05, 3.63) is 12.4 Å². The second-order valence-corrected chi connectivity index (χ2v) is 5.29. The highest BCUT2D eigenvalue weighted by Gasteiger charge is 2.21. The molecule has 5 nitrogen and oxygen atoms in total.